The maximum Gasteiger partial charge on any atom is 0.217 e. The molecule has 1 heterocycles. The molecular formula is C13H24N2O3. The lowest BCUT2D eigenvalue weighted by atomic mass is 9.90. The standard InChI is InChI=1S/C13H24N2O3/c14-12(16)3-1-2-8-15-11-4-6-13(7-5-11)17-9-10-18-13/h11,15H,1-10H2,(H2,14,16). The third-order valence-corrected chi connectivity index (χ3v) is 3.84. The van der Waals surface area contributed by atoms with Crippen LogP contribution in [0.3, 0.4) is 0 Å². The normalized spacial score (nSPS) is 23.6. The average molecular weight is 256 g/mol. The lowest BCUT2D eigenvalue weighted by Crippen LogP contribution is -2.42. The summed E-state index contributed by atoms with van der Waals surface area (Å²) < 4.78 is 11.4. The smallest absolute Gasteiger partial charge is 0.217 e. The van der Waals surface area contributed by atoms with E-state index in [9.17, 15) is 4.79 Å². The third-order valence-electron chi connectivity index (χ3n) is 3.84. The highest BCUT2D eigenvalue weighted by Crippen LogP contribution is 2.35. The minimum absolute atomic E-state index is 0.204. The molecule has 0 aromatic carbocycles. The maximum atomic E-state index is 10.6. The van der Waals surface area contributed by atoms with E-state index < -0.39 is 0 Å². The molecule has 5 nitrogen and oxygen atoms in total. The zero-order valence-electron chi connectivity index (χ0n) is 11.0. The molecule has 0 radical (unpaired) electrons. The van der Waals surface area contributed by atoms with Gasteiger partial charge in [-0.25, -0.2) is 0 Å². The molecule has 18 heavy (non-hydrogen) atoms. The molecule has 0 aromatic rings. The predicted molar refractivity (Wildman–Crippen MR) is 67.9 cm³/mol. The van der Waals surface area contributed by atoms with Crippen LogP contribution in [0.5, 0.6) is 0 Å². The van der Waals surface area contributed by atoms with Crippen molar-refractivity contribution < 1.29 is 14.3 Å². The van der Waals surface area contributed by atoms with Crippen LogP contribution in [0.25, 0.3) is 0 Å². The topological polar surface area (TPSA) is 73.6 Å². The van der Waals surface area contributed by atoms with Crippen molar-refractivity contribution in [3.63, 3.8) is 0 Å². The number of unbranched alkanes of at least 4 members (excludes halogenated alkanes) is 1. The van der Waals surface area contributed by atoms with Gasteiger partial charge in [-0.2, -0.15) is 0 Å². The zero-order chi connectivity index (χ0) is 12.8. The second-order valence-electron chi connectivity index (χ2n) is 5.26. The number of carbonyl (C=O) groups is 1. The minimum Gasteiger partial charge on any atom is -0.370 e. The first-order chi connectivity index (χ1) is 8.70. The highest BCUT2D eigenvalue weighted by atomic mass is 16.7. The molecule has 0 bridgehead atoms. The summed E-state index contributed by atoms with van der Waals surface area (Å²) in [5.74, 6) is -0.463. The van der Waals surface area contributed by atoms with E-state index in [1.165, 1.54) is 0 Å². The van der Waals surface area contributed by atoms with Crippen LogP contribution < -0.4 is 11.1 Å². The molecule has 2 rings (SSSR count). The van der Waals surface area contributed by atoms with Gasteiger partial charge in [-0.3, -0.25) is 4.79 Å². The molecule has 1 spiro atoms. The first kappa shape index (κ1) is 13.8. The summed E-state index contributed by atoms with van der Waals surface area (Å²) in [6.45, 7) is 2.45. The molecule has 1 aliphatic heterocycles. The van der Waals surface area contributed by atoms with Crippen LogP contribution in [0, 0.1) is 0 Å². The summed E-state index contributed by atoms with van der Waals surface area (Å²) >= 11 is 0. The lowest BCUT2D eigenvalue weighted by Gasteiger charge is -2.35. The number of rotatable bonds is 6. The molecule has 0 unspecified atom stereocenters. The van der Waals surface area contributed by atoms with Gasteiger partial charge in [0.2, 0.25) is 5.91 Å². The van der Waals surface area contributed by atoms with Crippen LogP contribution in [-0.2, 0) is 14.3 Å². The number of ether oxygens (including phenoxy) is 2. The minimum atomic E-state index is -0.260. The van der Waals surface area contributed by atoms with Crippen molar-refractivity contribution >= 4 is 5.91 Å². The Bertz CT molecular complexity index is 267. The largest absolute Gasteiger partial charge is 0.370 e. The second-order valence-corrected chi connectivity index (χ2v) is 5.26. The SMILES string of the molecule is NC(=O)CCCCNC1CCC2(CC1)OCCO2. The number of hydrogen-bond acceptors (Lipinski definition) is 4. The molecule has 5 heteroatoms. The molecule has 2 fully saturated rings. The van der Waals surface area contributed by atoms with Crippen LogP contribution in [0.15, 0.2) is 0 Å². The van der Waals surface area contributed by atoms with Gasteiger partial charge < -0.3 is 20.5 Å². The van der Waals surface area contributed by atoms with Crippen molar-refractivity contribution in [1.82, 2.24) is 5.32 Å². The van der Waals surface area contributed by atoms with Crippen molar-refractivity contribution in [1.29, 1.82) is 0 Å². The van der Waals surface area contributed by atoms with Crippen molar-refractivity contribution in [3.05, 3.63) is 0 Å². The van der Waals surface area contributed by atoms with E-state index in [1.54, 1.807) is 0 Å². The Morgan fingerprint density at radius 1 is 1.22 bits per heavy atom. The summed E-state index contributed by atoms with van der Waals surface area (Å²) in [6.07, 6.45) is 6.59. The Morgan fingerprint density at radius 2 is 1.89 bits per heavy atom. The first-order valence-corrected chi connectivity index (χ1v) is 7.00. The molecule has 1 amide bonds. The third kappa shape index (κ3) is 3.93. The van der Waals surface area contributed by atoms with Crippen LogP contribution >= 0.6 is 0 Å². The van der Waals surface area contributed by atoms with Gasteiger partial charge in [0.1, 0.15) is 0 Å². The molecular weight excluding hydrogens is 232 g/mol. The molecule has 0 atom stereocenters. The monoisotopic (exact) mass is 256 g/mol. The van der Waals surface area contributed by atoms with Crippen LogP contribution in [0.1, 0.15) is 44.9 Å². The van der Waals surface area contributed by atoms with E-state index >= 15 is 0 Å². The van der Waals surface area contributed by atoms with Crippen molar-refractivity contribution in [2.45, 2.75) is 56.8 Å². The van der Waals surface area contributed by atoms with Crippen molar-refractivity contribution in [2.24, 2.45) is 5.73 Å². The molecule has 1 saturated carbocycles. The number of primary amides is 1. The van der Waals surface area contributed by atoms with Gasteiger partial charge in [-0.15, -0.1) is 0 Å². The molecule has 0 aromatic heterocycles. The molecule has 1 aliphatic carbocycles. The van der Waals surface area contributed by atoms with E-state index in [-0.39, 0.29) is 11.7 Å². The fourth-order valence-electron chi connectivity index (χ4n) is 2.78. The number of hydrogen-bond donors (Lipinski definition) is 2. The Kier molecular flexibility index (Phi) is 4.97. The second kappa shape index (κ2) is 6.50. The zero-order valence-corrected chi connectivity index (χ0v) is 11.0. The molecule has 3 N–H and O–H groups in total. The van der Waals surface area contributed by atoms with E-state index in [0.29, 0.717) is 12.5 Å². The number of carbonyl (C=O) groups excluding carboxylic acids is 1. The lowest BCUT2D eigenvalue weighted by molar-refractivity contribution is -0.179. The molecule has 2 aliphatic rings. The summed E-state index contributed by atoms with van der Waals surface area (Å²) in [6, 6.07) is 0.567. The number of nitrogens with two attached hydrogens (primary N) is 1. The summed E-state index contributed by atoms with van der Waals surface area (Å²) in [5.41, 5.74) is 5.10. The van der Waals surface area contributed by atoms with Gasteiger partial charge in [0, 0.05) is 25.3 Å². The first-order valence-electron chi connectivity index (χ1n) is 7.00. The van der Waals surface area contributed by atoms with Crippen molar-refractivity contribution in [3.8, 4) is 0 Å². The fraction of sp³-hybridized carbons (Fsp3) is 0.923. The van der Waals surface area contributed by atoms with E-state index in [4.69, 9.17) is 15.2 Å². The summed E-state index contributed by atoms with van der Waals surface area (Å²) in [7, 11) is 0. The van der Waals surface area contributed by atoms with Gasteiger partial charge in [0.05, 0.1) is 13.2 Å². The number of nitrogens with one attached hydrogen (secondary N) is 1. The molecule has 104 valence electrons. The van der Waals surface area contributed by atoms with Crippen LogP contribution in [0.4, 0.5) is 0 Å². The van der Waals surface area contributed by atoms with E-state index in [2.05, 4.69) is 5.32 Å². The van der Waals surface area contributed by atoms with Gasteiger partial charge in [-0.1, -0.05) is 0 Å². The van der Waals surface area contributed by atoms with Gasteiger partial charge >= 0.3 is 0 Å². The average Bonchev–Trinajstić information content (AvgIpc) is 2.80. The highest BCUT2D eigenvalue weighted by Gasteiger charge is 2.39. The van der Waals surface area contributed by atoms with Gasteiger partial charge in [-0.05, 0) is 32.2 Å². The van der Waals surface area contributed by atoms with Crippen LogP contribution in [0.2, 0.25) is 0 Å². The van der Waals surface area contributed by atoms with Crippen molar-refractivity contribution in [2.75, 3.05) is 19.8 Å². The summed E-state index contributed by atoms with van der Waals surface area (Å²) in [5, 5.41) is 3.54. The quantitative estimate of drug-likeness (QED) is 0.693. The Hall–Kier alpha value is -0.650. The molecule has 1 saturated heterocycles. The Balaban J connectivity index is 1.55. The predicted octanol–water partition coefficient (Wildman–Crippen LogP) is 0.917. The van der Waals surface area contributed by atoms with E-state index in [0.717, 1.165) is 58.3 Å². The van der Waals surface area contributed by atoms with Gasteiger partial charge in [0.25, 0.3) is 0 Å². The fourth-order valence-corrected chi connectivity index (χ4v) is 2.78. The van der Waals surface area contributed by atoms with Gasteiger partial charge in [0.15, 0.2) is 5.79 Å². The Morgan fingerprint density at radius 3 is 2.50 bits per heavy atom. The Labute approximate surface area is 108 Å². The van der Waals surface area contributed by atoms with Crippen LogP contribution in [-0.4, -0.2) is 37.5 Å². The maximum absolute atomic E-state index is 10.6. The van der Waals surface area contributed by atoms with E-state index in [1.807, 2.05) is 0 Å². The summed E-state index contributed by atoms with van der Waals surface area (Å²) in [4.78, 5) is 10.6. The highest BCUT2D eigenvalue weighted by molar-refractivity contribution is 5.73. The number of amides is 1.